The van der Waals surface area contributed by atoms with Crippen molar-refractivity contribution in [2.45, 2.75) is 26.8 Å². The van der Waals surface area contributed by atoms with Gasteiger partial charge in [-0.2, -0.15) is 0 Å². The first-order chi connectivity index (χ1) is 12.8. The van der Waals surface area contributed by atoms with Gasteiger partial charge in [0.2, 0.25) is 0 Å². The first-order valence-electron chi connectivity index (χ1n) is 8.46. The second-order valence-corrected chi connectivity index (χ2v) is 7.10. The number of ether oxygens (including phenoxy) is 3. The fraction of sp³-hybridized carbons (Fsp3) is 0.474. The van der Waals surface area contributed by atoms with Crippen LogP contribution < -0.4 is 9.47 Å². The number of aliphatic imine (C=N–C) groups is 1. The fourth-order valence-corrected chi connectivity index (χ4v) is 2.90. The predicted molar refractivity (Wildman–Crippen MR) is 113 cm³/mol. The molecule has 0 saturated carbocycles. The van der Waals surface area contributed by atoms with E-state index < -0.39 is 12.0 Å². The summed E-state index contributed by atoms with van der Waals surface area (Å²) in [6, 6.07) is 2.87. The smallest absolute Gasteiger partial charge is 0.343 e. The average Bonchev–Trinajstić information content (AvgIpc) is 2.64. The molecule has 1 aromatic carbocycles. The van der Waals surface area contributed by atoms with Crippen LogP contribution in [0.1, 0.15) is 26.3 Å². The molecule has 150 valence electrons. The fourth-order valence-electron chi connectivity index (χ4n) is 2.21. The van der Waals surface area contributed by atoms with Crippen molar-refractivity contribution in [1.82, 2.24) is 0 Å². The van der Waals surface area contributed by atoms with Crippen LogP contribution in [0.25, 0.3) is 5.76 Å². The van der Waals surface area contributed by atoms with Gasteiger partial charge in [-0.15, -0.1) is 0 Å². The van der Waals surface area contributed by atoms with E-state index in [1.807, 2.05) is 13.8 Å². The normalized spacial score (nSPS) is 13.5. The molecule has 0 aliphatic heterocycles. The van der Waals surface area contributed by atoms with E-state index in [1.54, 1.807) is 19.1 Å². The third-order valence-electron chi connectivity index (χ3n) is 3.83. The highest BCUT2D eigenvalue weighted by Crippen LogP contribution is 2.34. The second kappa shape index (κ2) is 11.1. The Hall–Kier alpha value is -1.81. The van der Waals surface area contributed by atoms with Crippen LogP contribution in [0.4, 0.5) is 0 Å². The Labute approximate surface area is 173 Å². The van der Waals surface area contributed by atoms with Crippen molar-refractivity contribution in [1.29, 1.82) is 0 Å². The Morgan fingerprint density at radius 2 is 1.89 bits per heavy atom. The van der Waals surface area contributed by atoms with Gasteiger partial charge in [0.1, 0.15) is 22.8 Å². The van der Waals surface area contributed by atoms with Crippen LogP contribution in [0.5, 0.6) is 11.5 Å². The summed E-state index contributed by atoms with van der Waals surface area (Å²) in [5.41, 5.74) is 0.192. The lowest BCUT2D eigenvalue weighted by Crippen LogP contribution is -2.19. The SMILES string of the molecule is CCOC(=O)/C(C=N[C@H](CO)C(C)C)=C(\O)c1cc(I)c(OC)cc1OC. The largest absolute Gasteiger partial charge is 0.506 e. The number of carbonyl (C=O) groups excluding carboxylic acids is 1. The number of halogens is 1. The molecule has 2 N–H and O–H groups in total. The van der Waals surface area contributed by atoms with Crippen molar-refractivity contribution in [2.24, 2.45) is 10.9 Å². The first kappa shape index (κ1) is 23.2. The van der Waals surface area contributed by atoms with E-state index in [0.717, 1.165) is 3.57 Å². The molecule has 0 aliphatic carbocycles. The standard InChI is InChI=1S/C19H26INO6/c1-6-27-19(24)13(9-21-15(10-22)11(2)3)18(23)12-7-14(20)17(26-5)8-16(12)25-4/h7-9,11,15,22-23H,6,10H2,1-5H3/b18-13-,21-9?/t15-/m1/s1. The lowest BCUT2D eigenvalue weighted by atomic mass is 10.1. The molecule has 0 heterocycles. The first-order valence-corrected chi connectivity index (χ1v) is 9.54. The van der Waals surface area contributed by atoms with Crippen molar-refractivity contribution < 1.29 is 29.2 Å². The maximum absolute atomic E-state index is 12.4. The van der Waals surface area contributed by atoms with E-state index in [9.17, 15) is 15.0 Å². The Morgan fingerprint density at radius 3 is 2.37 bits per heavy atom. The summed E-state index contributed by atoms with van der Waals surface area (Å²) >= 11 is 2.06. The number of hydrogen-bond donors (Lipinski definition) is 2. The minimum atomic E-state index is -0.716. The summed E-state index contributed by atoms with van der Waals surface area (Å²) in [6.45, 7) is 5.45. The molecule has 7 nitrogen and oxygen atoms in total. The lowest BCUT2D eigenvalue weighted by Gasteiger charge is -2.15. The zero-order chi connectivity index (χ0) is 20.6. The summed E-state index contributed by atoms with van der Waals surface area (Å²) in [6.07, 6.45) is 1.24. The van der Waals surface area contributed by atoms with Crippen molar-refractivity contribution in [3.8, 4) is 11.5 Å². The van der Waals surface area contributed by atoms with E-state index in [1.165, 1.54) is 20.4 Å². The molecule has 0 aliphatic rings. The van der Waals surface area contributed by atoms with Gasteiger partial charge in [-0.3, -0.25) is 4.99 Å². The highest BCUT2D eigenvalue weighted by molar-refractivity contribution is 14.1. The number of carbonyl (C=O) groups is 1. The zero-order valence-corrected chi connectivity index (χ0v) is 18.3. The van der Waals surface area contributed by atoms with Crippen molar-refractivity contribution in [3.05, 3.63) is 26.8 Å². The maximum atomic E-state index is 12.4. The summed E-state index contributed by atoms with van der Waals surface area (Å²) < 4.78 is 16.4. The molecule has 0 spiro atoms. The Balaban J connectivity index is 3.54. The van der Waals surface area contributed by atoms with Crippen LogP contribution in [0, 0.1) is 9.49 Å². The number of aliphatic hydroxyl groups excluding tert-OH is 2. The molecule has 0 fully saturated rings. The molecule has 0 bridgehead atoms. The number of rotatable bonds is 9. The lowest BCUT2D eigenvalue weighted by molar-refractivity contribution is -0.137. The number of aliphatic hydroxyl groups is 2. The van der Waals surface area contributed by atoms with Crippen molar-refractivity contribution >= 4 is 40.5 Å². The Morgan fingerprint density at radius 1 is 1.26 bits per heavy atom. The van der Waals surface area contributed by atoms with E-state index in [4.69, 9.17) is 14.2 Å². The summed E-state index contributed by atoms with van der Waals surface area (Å²) in [4.78, 5) is 16.6. The maximum Gasteiger partial charge on any atom is 0.343 e. The molecular formula is C19H26INO6. The van der Waals surface area contributed by atoms with E-state index in [-0.39, 0.29) is 30.5 Å². The van der Waals surface area contributed by atoms with Crippen molar-refractivity contribution in [2.75, 3.05) is 27.4 Å². The monoisotopic (exact) mass is 491 g/mol. The highest BCUT2D eigenvalue weighted by Gasteiger charge is 2.21. The number of benzene rings is 1. The van der Waals surface area contributed by atoms with Gasteiger partial charge in [-0.25, -0.2) is 4.79 Å². The van der Waals surface area contributed by atoms with Gasteiger partial charge in [0, 0.05) is 12.3 Å². The molecule has 0 amide bonds. The zero-order valence-electron chi connectivity index (χ0n) is 16.2. The number of esters is 1. The quantitative estimate of drug-likeness (QED) is 0.181. The molecule has 1 rings (SSSR count). The van der Waals surface area contributed by atoms with Crippen LogP contribution >= 0.6 is 22.6 Å². The van der Waals surface area contributed by atoms with E-state index in [2.05, 4.69) is 27.6 Å². The molecule has 0 unspecified atom stereocenters. The average molecular weight is 491 g/mol. The highest BCUT2D eigenvalue weighted by atomic mass is 127. The summed E-state index contributed by atoms with van der Waals surface area (Å²) in [7, 11) is 2.99. The van der Waals surface area contributed by atoms with Gasteiger partial charge < -0.3 is 24.4 Å². The molecule has 1 aromatic rings. The Bertz CT molecular complexity index is 714. The van der Waals surface area contributed by atoms with Gasteiger partial charge >= 0.3 is 5.97 Å². The second-order valence-electron chi connectivity index (χ2n) is 5.94. The predicted octanol–water partition coefficient (Wildman–Crippen LogP) is 3.23. The van der Waals surface area contributed by atoms with Crippen LogP contribution in [0.15, 0.2) is 22.7 Å². The van der Waals surface area contributed by atoms with Gasteiger partial charge in [-0.1, -0.05) is 13.8 Å². The Kier molecular flexibility index (Phi) is 9.57. The van der Waals surface area contributed by atoms with Gasteiger partial charge in [0.25, 0.3) is 0 Å². The summed E-state index contributed by atoms with van der Waals surface area (Å²) in [5.74, 6) is -0.0616. The molecule has 0 radical (unpaired) electrons. The van der Waals surface area contributed by atoms with Crippen LogP contribution in [-0.2, 0) is 9.53 Å². The van der Waals surface area contributed by atoms with Gasteiger partial charge in [0.15, 0.2) is 0 Å². The van der Waals surface area contributed by atoms with Crippen molar-refractivity contribution in [3.63, 3.8) is 0 Å². The number of hydrogen-bond acceptors (Lipinski definition) is 7. The molecule has 8 heteroatoms. The minimum absolute atomic E-state index is 0.0632. The third-order valence-corrected chi connectivity index (χ3v) is 4.67. The third kappa shape index (κ3) is 6.10. The molecule has 27 heavy (non-hydrogen) atoms. The van der Waals surface area contributed by atoms with Crippen LogP contribution in [0.3, 0.4) is 0 Å². The number of nitrogens with zero attached hydrogens (tertiary/aromatic N) is 1. The molecule has 0 saturated heterocycles. The van der Waals surface area contributed by atoms with E-state index in [0.29, 0.717) is 17.1 Å². The minimum Gasteiger partial charge on any atom is -0.506 e. The topological polar surface area (TPSA) is 97.6 Å². The van der Waals surface area contributed by atoms with Gasteiger partial charge in [0.05, 0.1) is 42.6 Å². The van der Waals surface area contributed by atoms with Gasteiger partial charge in [-0.05, 0) is 41.5 Å². The molecular weight excluding hydrogens is 465 g/mol. The number of methoxy groups -OCH3 is 2. The van der Waals surface area contributed by atoms with Crippen LogP contribution in [-0.4, -0.2) is 55.9 Å². The van der Waals surface area contributed by atoms with E-state index >= 15 is 0 Å². The van der Waals surface area contributed by atoms with Crippen LogP contribution in [0.2, 0.25) is 0 Å². The molecule has 0 aromatic heterocycles. The molecule has 1 atom stereocenters. The summed E-state index contributed by atoms with van der Waals surface area (Å²) in [5, 5.41) is 20.2.